The lowest BCUT2D eigenvalue weighted by atomic mass is 10.7. The van der Waals surface area contributed by atoms with Crippen molar-refractivity contribution in [1.82, 2.24) is 4.98 Å². The fraction of sp³-hybridized carbons (Fsp3) is 0.200. The second-order valence-corrected chi connectivity index (χ2v) is 3.01. The maximum absolute atomic E-state index is 10.5. The van der Waals surface area contributed by atoms with E-state index in [9.17, 15) is 4.79 Å². The second kappa shape index (κ2) is 3.03. The molecule has 0 unspecified atom stereocenters. The minimum absolute atomic E-state index is 0.109. The maximum Gasteiger partial charge on any atom is 0.223 e. The van der Waals surface area contributed by atoms with Crippen LogP contribution >= 0.6 is 24.0 Å². The molecule has 1 N–H and O–H groups in total. The molecule has 0 saturated carbocycles. The van der Waals surface area contributed by atoms with Gasteiger partial charge in [0, 0.05) is 12.3 Å². The number of thiazole rings is 1. The first-order valence-corrected chi connectivity index (χ1v) is 3.93. The van der Waals surface area contributed by atoms with Gasteiger partial charge in [-0.3, -0.25) is 4.79 Å². The maximum atomic E-state index is 10.5. The molecule has 3 nitrogen and oxygen atoms in total. The van der Waals surface area contributed by atoms with Crippen molar-refractivity contribution in [3.05, 3.63) is 5.38 Å². The number of nitrogens with one attached hydrogen (secondary N) is 1. The summed E-state index contributed by atoms with van der Waals surface area (Å²) >= 11 is 5.33. The van der Waals surface area contributed by atoms with E-state index in [0.29, 0.717) is 10.2 Å². The molecule has 54 valence electrons. The molecule has 1 aromatic heterocycles. The first-order chi connectivity index (χ1) is 4.68. The van der Waals surface area contributed by atoms with E-state index < -0.39 is 0 Å². The van der Waals surface area contributed by atoms with Gasteiger partial charge >= 0.3 is 0 Å². The molecule has 0 fully saturated rings. The van der Waals surface area contributed by atoms with Gasteiger partial charge in [-0.25, -0.2) is 4.98 Å². The smallest absolute Gasteiger partial charge is 0.223 e. The van der Waals surface area contributed by atoms with Crippen molar-refractivity contribution in [2.24, 2.45) is 0 Å². The van der Waals surface area contributed by atoms with E-state index in [1.54, 1.807) is 5.38 Å². The average Bonchev–Trinajstić information content (AvgIpc) is 2.13. The van der Waals surface area contributed by atoms with Crippen LogP contribution in [-0.4, -0.2) is 10.9 Å². The van der Waals surface area contributed by atoms with Crippen LogP contribution < -0.4 is 5.32 Å². The molecule has 1 amide bonds. The number of hydrogen-bond acceptors (Lipinski definition) is 4. The molecule has 0 atom stereocenters. The van der Waals surface area contributed by atoms with Crippen LogP contribution in [0.25, 0.3) is 0 Å². The van der Waals surface area contributed by atoms with Gasteiger partial charge in [-0.05, 0) is 0 Å². The zero-order valence-corrected chi connectivity index (χ0v) is 7.00. The topological polar surface area (TPSA) is 42.0 Å². The van der Waals surface area contributed by atoms with Gasteiger partial charge in [-0.1, -0.05) is 0 Å². The lowest BCUT2D eigenvalue weighted by Crippen LogP contribution is -2.04. The van der Waals surface area contributed by atoms with E-state index in [4.69, 9.17) is 0 Å². The quantitative estimate of drug-likeness (QED) is 0.632. The Kier molecular flexibility index (Phi) is 2.29. The van der Waals surface area contributed by atoms with E-state index in [0.717, 1.165) is 0 Å². The van der Waals surface area contributed by atoms with Crippen LogP contribution in [0.15, 0.2) is 10.4 Å². The van der Waals surface area contributed by atoms with Crippen LogP contribution in [0.3, 0.4) is 0 Å². The summed E-state index contributed by atoms with van der Waals surface area (Å²) in [7, 11) is 0. The minimum Gasteiger partial charge on any atom is -0.302 e. The highest BCUT2D eigenvalue weighted by atomic mass is 32.1. The SMILES string of the molecule is CC(=O)Nc1nc(S)cs1. The molecule has 1 aromatic rings. The van der Waals surface area contributed by atoms with Crippen LogP contribution in [0.2, 0.25) is 0 Å². The Morgan fingerprint density at radius 1 is 1.90 bits per heavy atom. The van der Waals surface area contributed by atoms with Gasteiger partial charge in [0.05, 0.1) is 0 Å². The summed E-state index contributed by atoms with van der Waals surface area (Å²) in [5, 5.41) is 5.53. The number of carbonyl (C=O) groups excluding carboxylic acids is 1. The van der Waals surface area contributed by atoms with E-state index in [1.807, 2.05) is 0 Å². The first kappa shape index (κ1) is 7.56. The van der Waals surface area contributed by atoms with Crippen LogP contribution in [0.4, 0.5) is 5.13 Å². The standard InChI is InChI=1S/C5H6N2OS2/c1-3(8)6-5-7-4(9)2-10-5/h2,9H,1H3,(H,6,7,8). The Morgan fingerprint density at radius 3 is 3.00 bits per heavy atom. The summed E-state index contributed by atoms with van der Waals surface area (Å²) in [6, 6.07) is 0. The molecule has 10 heavy (non-hydrogen) atoms. The molecule has 1 rings (SSSR count). The average molecular weight is 174 g/mol. The Hall–Kier alpha value is -0.550. The van der Waals surface area contributed by atoms with E-state index in [2.05, 4.69) is 22.9 Å². The van der Waals surface area contributed by atoms with Crippen molar-refractivity contribution in [2.75, 3.05) is 5.32 Å². The Balaban J connectivity index is 2.67. The summed E-state index contributed by atoms with van der Waals surface area (Å²) in [6.07, 6.45) is 0. The molecule has 0 aliphatic heterocycles. The molecule has 5 heteroatoms. The van der Waals surface area contributed by atoms with Gasteiger partial charge in [0.15, 0.2) is 5.13 Å². The molecule has 1 heterocycles. The molecule has 0 radical (unpaired) electrons. The van der Waals surface area contributed by atoms with Gasteiger partial charge < -0.3 is 5.32 Å². The number of carbonyl (C=O) groups is 1. The second-order valence-electron chi connectivity index (χ2n) is 1.69. The minimum atomic E-state index is -0.109. The third-order valence-corrected chi connectivity index (χ3v) is 1.94. The third-order valence-electron chi connectivity index (χ3n) is 0.775. The van der Waals surface area contributed by atoms with Crippen molar-refractivity contribution >= 4 is 35.0 Å². The molecular weight excluding hydrogens is 168 g/mol. The van der Waals surface area contributed by atoms with E-state index in [1.165, 1.54) is 18.3 Å². The van der Waals surface area contributed by atoms with Crippen LogP contribution in [-0.2, 0) is 4.79 Å². The summed E-state index contributed by atoms with van der Waals surface area (Å²) in [5.41, 5.74) is 0. The van der Waals surface area contributed by atoms with Gasteiger partial charge in [-0.15, -0.1) is 24.0 Å². The van der Waals surface area contributed by atoms with Crippen LogP contribution in [0.1, 0.15) is 6.92 Å². The summed E-state index contributed by atoms with van der Waals surface area (Å²) in [4.78, 5) is 14.4. The van der Waals surface area contributed by atoms with E-state index in [-0.39, 0.29) is 5.91 Å². The van der Waals surface area contributed by atoms with Crippen molar-refractivity contribution < 1.29 is 4.79 Å². The molecule has 0 saturated heterocycles. The fourth-order valence-corrected chi connectivity index (χ4v) is 1.42. The number of amides is 1. The van der Waals surface area contributed by atoms with Crippen molar-refractivity contribution in [1.29, 1.82) is 0 Å². The molecule has 0 spiro atoms. The lowest BCUT2D eigenvalue weighted by Gasteiger charge is -1.91. The monoisotopic (exact) mass is 174 g/mol. The highest BCUT2D eigenvalue weighted by Gasteiger charge is 1.98. The largest absolute Gasteiger partial charge is 0.302 e. The van der Waals surface area contributed by atoms with Gasteiger partial charge in [-0.2, -0.15) is 0 Å². The molecular formula is C5H6N2OS2. The predicted octanol–water partition coefficient (Wildman–Crippen LogP) is 1.39. The van der Waals surface area contributed by atoms with Gasteiger partial charge in [0.1, 0.15) is 5.03 Å². The van der Waals surface area contributed by atoms with Gasteiger partial charge in [0.25, 0.3) is 0 Å². The predicted molar refractivity (Wildman–Crippen MR) is 43.7 cm³/mol. The summed E-state index contributed by atoms with van der Waals surface area (Å²) < 4.78 is 0. The van der Waals surface area contributed by atoms with Crippen molar-refractivity contribution in [2.45, 2.75) is 11.9 Å². The number of hydrogen-bond donors (Lipinski definition) is 2. The number of anilines is 1. The summed E-state index contributed by atoms with van der Waals surface area (Å²) in [6.45, 7) is 1.44. The zero-order chi connectivity index (χ0) is 7.56. The highest BCUT2D eigenvalue weighted by Crippen LogP contribution is 2.16. The fourth-order valence-electron chi connectivity index (χ4n) is 0.473. The normalized spacial score (nSPS) is 9.40. The lowest BCUT2D eigenvalue weighted by molar-refractivity contribution is -0.114. The molecule has 0 aliphatic rings. The Bertz CT molecular complexity index is 246. The number of nitrogens with zero attached hydrogens (tertiary/aromatic N) is 1. The van der Waals surface area contributed by atoms with Crippen molar-refractivity contribution in [3.8, 4) is 0 Å². The number of rotatable bonds is 1. The molecule has 0 bridgehead atoms. The third kappa shape index (κ3) is 2.00. The van der Waals surface area contributed by atoms with Crippen molar-refractivity contribution in [3.63, 3.8) is 0 Å². The first-order valence-electron chi connectivity index (χ1n) is 2.60. The summed E-state index contributed by atoms with van der Waals surface area (Å²) in [5.74, 6) is -0.109. The van der Waals surface area contributed by atoms with E-state index >= 15 is 0 Å². The molecule has 0 aromatic carbocycles. The van der Waals surface area contributed by atoms with Crippen LogP contribution in [0, 0.1) is 0 Å². The number of aromatic nitrogens is 1. The van der Waals surface area contributed by atoms with Gasteiger partial charge in [0.2, 0.25) is 5.91 Å². The molecule has 0 aliphatic carbocycles. The Labute approximate surface area is 67.9 Å². The zero-order valence-electron chi connectivity index (χ0n) is 5.29. The number of thiol groups is 1. The highest BCUT2D eigenvalue weighted by molar-refractivity contribution is 7.80. The Morgan fingerprint density at radius 2 is 2.60 bits per heavy atom. The van der Waals surface area contributed by atoms with Crippen LogP contribution in [0.5, 0.6) is 0 Å².